The van der Waals surface area contributed by atoms with Crippen molar-refractivity contribution in [3.8, 4) is 0 Å². The van der Waals surface area contributed by atoms with Gasteiger partial charge in [0.25, 0.3) is 0 Å². The Bertz CT molecular complexity index is 667. The van der Waals surface area contributed by atoms with Crippen LogP contribution in [-0.4, -0.2) is 64.1 Å². The lowest BCUT2D eigenvalue weighted by Crippen LogP contribution is -2.46. The van der Waals surface area contributed by atoms with E-state index in [2.05, 4.69) is 48.2 Å². The summed E-state index contributed by atoms with van der Waals surface area (Å²) in [5.74, 6) is 2.03. The number of aryl methyl sites for hydroxylation is 1. The molecule has 0 N–H and O–H groups in total. The minimum Gasteiger partial charge on any atom is -0.355 e. The van der Waals surface area contributed by atoms with E-state index < -0.39 is 0 Å². The third kappa shape index (κ3) is 3.76. The van der Waals surface area contributed by atoms with Gasteiger partial charge in [0.05, 0.1) is 5.69 Å². The van der Waals surface area contributed by atoms with E-state index >= 15 is 0 Å². The predicted molar refractivity (Wildman–Crippen MR) is 98.8 cm³/mol. The van der Waals surface area contributed by atoms with Gasteiger partial charge >= 0.3 is 0 Å². The Morgan fingerprint density at radius 3 is 2.00 bits per heavy atom. The standard InChI is InChI=1S/C18H27N7/c1-22-16(7-8-19-22)15-23-11-13-25(14-12-23)18-6-5-17(20-21-18)24-9-3-2-4-10-24/h5-8H,2-4,9-15H2,1H3. The van der Waals surface area contributed by atoms with E-state index in [0.717, 1.165) is 57.4 Å². The molecule has 2 aliphatic rings. The first-order valence-electron chi connectivity index (χ1n) is 9.32. The molecule has 2 fully saturated rings. The fourth-order valence-electron chi connectivity index (χ4n) is 3.70. The van der Waals surface area contributed by atoms with Crippen LogP contribution in [0.4, 0.5) is 11.6 Å². The van der Waals surface area contributed by atoms with E-state index in [0.29, 0.717) is 0 Å². The fourth-order valence-corrected chi connectivity index (χ4v) is 3.70. The van der Waals surface area contributed by atoms with Crippen LogP contribution >= 0.6 is 0 Å². The van der Waals surface area contributed by atoms with Gasteiger partial charge in [-0.25, -0.2) is 0 Å². The van der Waals surface area contributed by atoms with Crippen molar-refractivity contribution in [3.63, 3.8) is 0 Å². The lowest BCUT2D eigenvalue weighted by Gasteiger charge is -2.35. The van der Waals surface area contributed by atoms with E-state index in [1.54, 1.807) is 0 Å². The van der Waals surface area contributed by atoms with Crippen molar-refractivity contribution in [2.24, 2.45) is 7.05 Å². The molecule has 0 atom stereocenters. The Hall–Kier alpha value is -2.15. The van der Waals surface area contributed by atoms with Crippen molar-refractivity contribution in [3.05, 3.63) is 30.1 Å². The second kappa shape index (κ2) is 7.39. The zero-order chi connectivity index (χ0) is 17.1. The zero-order valence-corrected chi connectivity index (χ0v) is 15.0. The molecule has 0 amide bonds. The highest BCUT2D eigenvalue weighted by Gasteiger charge is 2.20. The molecule has 2 aromatic heterocycles. The molecule has 7 nitrogen and oxygen atoms in total. The molecule has 4 heterocycles. The maximum atomic E-state index is 4.49. The highest BCUT2D eigenvalue weighted by atomic mass is 15.3. The van der Waals surface area contributed by atoms with E-state index in [-0.39, 0.29) is 0 Å². The SMILES string of the molecule is Cn1nccc1CN1CCN(c2ccc(N3CCCCC3)nn2)CC1. The third-order valence-electron chi connectivity index (χ3n) is 5.32. The van der Waals surface area contributed by atoms with E-state index in [1.807, 2.05) is 17.9 Å². The summed E-state index contributed by atoms with van der Waals surface area (Å²) < 4.78 is 1.96. The summed E-state index contributed by atoms with van der Waals surface area (Å²) >= 11 is 0. The van der Waals surface area contributed by atoms with E-state index in [4.69, 9.17) is 0 Å². The van der Waals surface area contributed by atoms with Gasteiger partial charge in [-0.3, -0.25) is 9.58 Å². The third-order valence-corrected chi connectivity index (χ3v) is 5.32. The van der Waals surface area contributed by atoms with Crippen molar-refractivity contribution in [1.29, 1.82) is 0 Å². The average Bonchev–Trinajstić information content (AvgIpc) is 3.08. The Morgan fingerprint density at radius 2 is 1.44 bits per heavy atom. The van der Waals surface area contributed by atoms with Crippen molar-refractivity contribution >= 4 is 11.6 Å². The van der Waals surface area contributed by atoms with Crippen molar-refractivity contribution < 1.29 is 0 Å². The highest BCUT2D eigenvalue weighted by Crippen LogP contribution is 2.20. The topological polar surface area (TPSA) is 53.3 Å². The average molecular weight is 341 g/mol. The van der Waals surface area contributed by atoms with Gasteiger partial charge in [-0.05, 0) is 37.5 Å². The van der Waals surface area contributed by atoms with Gasteiger partial charge in [-0.1, -0.05) is 0 Å². The van der Waals surface area contributed by atoms with Crippen molar-refractivity contribution in [2.75, 3.05) is 49.1 Å². The van der Waals surface area contributed by atoms with Gasteiger partial charge in [0.15, 0.2) is 11.6 Å². The number of nitrogens with zero attached hydrogens (tertiary/aromatic N) is 7. The first-order valence-corrected chi connectivity index (χ1v) is 9.32. The molecule has 25 heavy (non-hydrogen) atoms. The Kier molecular flexibility index (Phi) is 4.83. The van der Waals surface area contributed by atoms with E-state index in [1.165, 1.54) is 25.0 Å². The van der Waals surface area contributed by atoms with Gasteiger partial charge in [0.2, 0.25) is 0 Å². The molecule has 0 unspecified atom stereocenters. The van der Waals surface area contributed by atoms with Crippen molar-refractivity contribution in [1.82, 2.24) is 24.9 Å². The molecular formula is C18H27N7. The van der Waals surface area contributed by atoms with Crippen LogP contribution < -0.4 is 9.80 Å². The van der Waals surface area contributed by atoms with Crippen LogP contribution in [0.1, 0.15) is 25.0 Å². The zero-order valence-electron chi connectivity index (χ0n) is 15.0. The number of piperazine rings is 1. The summed E-state index contributed by atoms with van der Waals surface area (Å²) in [5.41, 5.74) is 1.26. The summed E-state index contributed by atoms with van der Waals surface area (Å²) in [6, 6.07) is 6.36. The number of piperidine rings is 1. The van der Waals surface area contributed by atoms with Crippen LogP contribution in [0.3, 0.4) is 0 Å². The van der Waals surface area contributed by atoms with Crippen molar-refractivity contribution in [2.45, 2.75) is 25.8 Å². The maximum absolute atomic E-state index is 4.49. The van der Waals surface area contributed by atoms with Gasteiger partial charge in [0.1, 0.15) is 0 Å². The summed E-state index contributed by atoms with van der Waals surface area (Å²) in [6.45, 7) is 7.26. The molecule has 2 aliphatic heterocycles. The molecule has 0 saturated carbocycles. The predicted octanol–water partition coefficient (Wildman–Crippen LogP) is 1.52. The monoisotopic (exact) mass is 341 g/mol. The summed E-state index contributed by atoms with van der Waals surface area (Å²) in [4.78, 5) is 7.17. The molecule has 2 saturated heterocycles. The van der Waals surface area contributed by atoms with Gasteiger partial charge in [0, 0.05) is 59.1 Å². The summed E-state index contributed by atoms with van der Waals surface area (Å²) in [5, 5.41) is 13.2. The quantitative estimate of drug-likeness (QED) is 0.840. The highest BCUT2D eigenvalue weighted by molar-refractivity contribution is 5.45. The number of hydrogen-bond acceptors (Lipinski definition) is 6. The van der Waals surface area contributed by atoms with E-state index in [9.17, 15) is 0 Å². The van der Waals surface area contributed by atoms with Gasteiger partial charge in [-0.15, -0.1) is 10.2 Å². The van der Waals surface area contributed by atoms with Crippen LogP contribution in [0.5, 0.6) is 0 Å². The first kappa shape index (κ1) is 16.3. The number of hydrogen-bond donors (Lipinski definition) is 0. The van der Waals surface area contributed by atoms with Gasteiger partial charge < -0.3 is 9.80 Å². The molecule has 0 aromatic carbocycles. The van der Waals surface area contributed by atoms with Crippen LogP contribution in [0.25, 0.3) is 0 Å². The largest absolute Gasteiger partial charge is 0.355 e. The molecule has 4 rings (SSSR count). The Morgan fingerprint density at radius 1 is 0.800 bits per heavy atom. The van der Waals surface area contributed by atoms with Crippen LogP contribution in [0.15, 0.2) is 24.4 Å². The molecule has 0 radical (unpaired) electrons. The number of rotatable bonds is 4. The van der Waals surface area contributed by atoms with Crippen LogP contribution in [0.2, 0.25) is 0 Å². The van der Waals surface area contributed by atoms with Crippen LogP contribution in [0, 0.1) is 0 Å². The fraction of sp³-hybridized carbons (Fsp3) is 0.611. The Labute approximate surface area is 149 Å². The normalized spacial score (nSPS) is 19.4. The lowest BCUT2D eigenvalue weighted by molar-refractivity contribution is 0.243. The lowest BCUT2D eigenvalue weighted by atomic mass is 10.1. The summed E-state index contributed by atoms with van der Waals surface area (Å²) in [6.07, 6.45) is 5.74. The smallest absolute Gasteiger partial charge is 0.151 e. The number of anilines is 2. The summed E-state index contributed by atoms with van der Waals surface area (Å²) in [7, 11) is 2.01. The second-order valence-corrected chi connectivity index (χ2v) is 7.01. The number of aromatic nitrogens is 4. The molecule has 0 bridgehead atoms. The minimum atomic E-state index is 0.962. The molecular weight excluding hydrogens is 314 g/mol. The van der Waals surface area contributed by atoms with Gasteiger partial charge in [-0.2, -0.15) is 5.10 Å². The first-order chi connectivity index (χ1) is 12.3. The molecule has 2 aromatic rings. The van der Waals surface area contributed by atoms with Crippen LogP contribution in [-0.2, 0) is 13.6 Å². The molecule has 0 aliphatic carbocycles. The minimum absolute atomic E-state index is 0.962. The molecule has 0 spiro atoms. The Balaban J connectivity index is 1.32. The maximum Gasteiger partial charge on any atom is 0.151 e. The molecule has 134 valence electrons. The molecule has 7 heteroatoms. The second-order valence-electron chi connectivity index (χ2n) is 7.01.